The third kappa shape index (κ3) is 6.02. The van der Waals surface area contributed by atoms with Gasteiger partial charge in [-0.25, -0.2) is 9.37 Å². The van der Waals surface area contributed by atoms with Gasteiger partial charge >= 0.3 is 0 Å². The maximum Gasteiger partial charge on any atom is 0.221 e. The largest absolute Gasteiger partial charge is 0.474 e. The van der Waals surface area contributed by atoms with Crippen LogP contribution in [0.1, 0.15) is 37.7 Å². The van der Waals surface area contributed by atoms with E-state index in [-0.39, 0.29) is 11.7 Å². The van der Waals surface area contributed by atoms with Gasteiger partial charge in [-0.05, 0) is 55.5 Å². The number of pyridine rings is 1. The average molecular weight is 374 g/mol. The molecule has 3 rings (SSSR count). The summed E-state index contributed by atoms with van der Waals surface area (Å²) in [5.41, 5.74) is 0.948. The van der Waals surface area contributed by atoms with Crippen LogP contribution >= 0.6 is 11.8 Å². The number of nitrogens with one attached hydrogen (secondary N) is 1. The van der Waals surface area contributed by atoms with Crippen molar-refractivity contribution in [1.82, 2.24) is 10.3 Å². The van der Waals surface area contributed by atoms with Gasteiger partial charge in [-0.3, -0.25) is 4.79 Å². The van der Waals surface area contributed by atoms with Crippen molar-refractivity contribution in [2.45, 2.75) is 49.6 Å². The van der Waals surface area contributed by atoms with E-state index in [1.54, 1.807) is 18.3 Å². The molecule has 1 N–H and O–H groups in total. The predicted octanol–water partition coefficient (Wildman–Crippen LogP) is 4.34. The minimum atomic E-state index is -0.250. The van der Waals surface area contributed by atoms with Gasteiger partial charge in [0.25, 0.3) is 0 Å². The summed E-state index contributed by atoms with van der Waals surface area (Å²) in [6.07, 6.45) is 7.13. The maximum absolute atomic E-state index is 12.8. The van der Waals surface area contributed by atoms with Gasteiger partial charge in [-0.15, -0.1) is 11.8 Å². The summed E-state index contributed by atoms with van der Waals surface area (Å²) in [7, 11) is 0. The lowest BCUT2D eigenvalue weighted by atomic mass is 10.2. The second-order valence-corrected chi connectivity index (χ2v) is 7.53. The fraction of sp³-hybridized carbons (Fsp3) is 0.400. The fourth-order valence-corrected chi connectivity index (χ4v) is 3.70. The lowest BCUT2D eigenvalue weighted by Gasteiger charge is -2.12. The SMILES string of the molecule is O=C(CCSc1ccc(F)cc1)NCc1ccc(OC2CCCC2)nc1. The molecule has 138 valence electrons. The Kier molecular flexibility index (Phi) is 6.89. The van der Waals surface area contributed by atoms with Crippen LogP contribution in [0, 0.1) is 5.82 Å². The van der Waals surface area contributed by atoms with Gasteiger partial charge in [-0.1, -0.05) is 6.07 Å². The normalized spacial score (nSPS) is 14.3. The molecule has 0 atom stereocenters. The van der Waals surface area contributed by atoms with E-state index in [9.17, 15) is 9.18 Å². The summed E-state index contributed by atoms with van der Waals surface area (Å²) < 4.78 is 18.7. The maximum atomic E-state index is 12.8. The van der Waals surface area contributed by atoms with Crippen molar-refractivity contribution in [3.8, 4) is 5.88 Å². The number of rotatable bonds is 8. The molecule has 1 amide bonds. The number of hydrogen-bond donors (Lipinski definition) is 1. The smallest absolute Gasteiger partial charge is 0.221 e. The molecule has 0 aliphatic heterocycles. The van der Waals surface area contributed by atoms with Crippen molar-refractivity contribution in [1.29, 1.82) is 0 Å². The van der Waals surface area contributed by atoms with E-state index in [4.69, 9.17) is 4.74 Å². The molecular weight excluding hydrogens is 351 g/mol. The summed E-state index contributed by atoms with van der Waals surface area (Å²) in [5, 5.41) is 2.89. The molecule has 1 aromatic heterocycles. The van der Waals surface area contributed by atoms with Crippen molar-refractivity contribution in [3.05, 3.63) is 54.0 Å². The number of carbonyl (C=O) groups is 1. The molecule has 6 heteroatoms. The average Bonchev–Trinajstić information content (AvgIpc) is 3.16. The first-order valence-corrected chi connectivity index (χ1v) is 9.94. The monoisotopic (exact) mass is 374 g/mol. The number of amides is 1. The van der Waals surface area contributed by atoms with Gasteiger partial charge in [0.05, 0.1) is 0 Å². The lowest BCUT2D eigenvalue weighted by Crippen LogP contribution is -2.23. The van der Waals surface area contributed by atoms with Gasteiger partial charge in [0.1, 0.15) is 11.9 Å². The Morgan fingerprint density at radius 1 is 1.19 bits per heavy atom. The number of thioether (sulfide) groups is 1. The quantitative estimate of drug-likeness (QED) is 0.699. The van der Waals surface area contributed by atoms with Crippen molar-refractivity contribution >= 4 is 17.7 Å². The van der Waals surface area contributed by atoms with E-state index in [0.29, 0.717) is 30.7 Å². The van der Waals surface area contributed by atoms with Crippen LogP contribution in [0.3, 0.4) is 0 Å². The highest BCUT2D eigenvalue weighted by Crippen LogP contribution is 2.23. The molecule has 0 radical (unpaired) electrons. The van der Waals surface area contributed by atoms with Crippen molar-refractivity contribution < 1.29 is 13.9 Å². The number of benzene rings is 1. The van der Waals surface area contributed by atoms with Crippen molar-refractivity contribution in [3.63, 3.8) is 0 Å². The molecule has 0 unspecified atom stereocenters. The van der Waals surface area contributed by atoms with Crippen LogP contribution < -0.4 is 10.1 Å². The highest BCUT2D eigenvalue weighted by molar-refractivity contribution is 7.99. The Balaban J connectivity index is 1.35. The Bertz CT molecular complexity index is 701. The molecule has 1 aromatic carbocycles. The number of ether oxygens (including phenoxy) is 1. The Labute approximate surface area is 157 Å². The van der Waals surface area contributed by atoms with Gasteiger partial charge in [-0.2, -0.15) is 0 Å². The molecule has 1 aliphatic rings. The second-order valence-electron chi connectivity index (χ2n) is 6.36. The van der Waals surface area contributed by atoms with Gasteiger partial charge in [0.2, 0.25) is 11.8 Å². The van der Waals surface area contributed by atoms with E-state index in [1.165, 1.54) is 36.7 Å². The molecule has 1 heterocycles. The van der Waals surface area contributed by atoms with Crippen LogP contribution in [-0.4, -0.2) is 22.7 Å². The fourth-order valence-electron chi connectivity index (χ4n) is 2.84. The lowest BCUT2D eigenvalue weighted by molar-refractivity contribution is -0.120. The molecule has 0 saturated heterocycles. The van der Waals surface area contributed by atoms with E-state index in [1.807, 2.05) is 12.1 Å². The van der Waals surface area contributed by atoms with E-state index in [0.717, 1.165) is 23.3 Å². The van der Waals surface area contributed by atoms with Crippen LogP contribution in [-0.2, 0) is 11.3 Å². The summed E-state index contributed by atoms with van der Waals surface area (Å²) in [4.78, 5) is 17.2. The molecule has 0 bridgehead atoms. The van der Waals surface area contributed by atoms with Crippen LogP contribution in [0.5, 0.6) is 5.88 Å². The number of aromatic nitrogens is 1. The molecule has 26 heavy (non-hydrogen) atoms. The molecular formula is C20H23FN2O2S. The summed E-state index contributed by atoms with van der Waals surface area (Å²) in [5.74, 6) is 1.05. The van der Waals surface area contributed by atoms with Gasteiger partial charge < -0.3 is 10.1 Å². The molecule has 1 saturated carbocycles. The Hall–Kier alpha value is -2.08. The first-order chi connectivity index (χ1) is 12.7. The topological polar surface area (TPSA) is 51.2 Å². The first kappa shape index (κ1) is 18.7. The molecule has 1 aliphatic carbocycles. The molecule has 4 nitrogen and oxygen atoms in total. The Morgan fingerprint density at radius 3 is 2.65 bits per heavy atom. The highest BCUT2D eigenvalue weighted by Gasteiger charge is 2.16. The summed E-state index contributed by atoms with van der Waals surface area (Å²) in [6.45, 7) is 0.455. The van der Waals surface area contributed by atoms with Crippen LogP contribution in [0.4, 0.5) is 4.39 Å². The molecule has 0 spiro atoms. The zero-order chi connectivity index (χ0) is 18.2. The van der Waals surface area contributed by atoms with Crippen LogP contribution in [0.2, 0.25) is 0 Å². The van der Waals surface area contributed by atoms with Crippen molar-refractivity contribution in [2.75, 3.05) is 5.75 Å². The highest BCUT2D eigenvalue weighted by atomic mass is 32.2. The standard InChI is InChI=1S/C20H23FN2O2S/c21-16-6-8-18(9-7-16)26-12-11-19(24)22-13-15-5-10-20(23-14-15)25-17-3-1-2-4-17/h5-10,14,17H,1-4,11-13H2,(H,22,24). The molecule has 1 fully saturated rings. The van der Waals surface area contributed by atoms with Crippen molar-refractivity contribution in [2.24, 2.45) is 0 Å². The predicted molar refractivity (Wildman–Crippen MR) is 101 cm³/mol. The third-order valence-electron chi connectivity index (χ3n) is 4.29. The second kappa shape index (κ2) is 9.57. The van der Waals surface area contributed by atoms with E-state index >= 15 is 0 Å². The zero-order valence-electron chi connectivity index (χ0n) is 14.6. The first-order valence-electron chi connectivity index (χ1n) is 8.96. The Morgan fingerprint density at radius 2 is 1.96 bits per heavy atom. The summed E-state index contributed by atoms with van der Waals surface area (Å²) in [6, 6.07) is 10.1. The number of nitrogens with zero attached hydrogens (tertiary/aromatic N) is 1. The summed E-state index contributed by atoms with van der Waals surface area (Å²) >= 11 is 1.54. The van der Waals surface area contributed by atoms with E-state index in [2.05, 4.69) is 10.3 Å². The minimum Gasteiger partial charge on any atom is -0.474 e. The van der Waals surface area contributed by atoms with Gasteiger partial charge in [0.15, 0.2) is 0 Å². The van der Waals surface area contributed by atoms with Gasteiger partial charge in [0, 0.05) is 35.9 Å². The molecule has 2 aromatic rings. The van der Waals surface area contributed by atoms with Crippen LogP contribution in [0.15, 0.2) is 47.5 Å². The van der Waals surface area contributed by atoms with Crippen LogP contribution in [0.25, 0.3) is 0 Å². The number of hydrogen-bond acceptors (Lipinski definition) is 4. The third-order valence-corrected chi connectivity index (χ3v) is 5.30. The number of halogens is 1. The van der Waals surface area contributed by atoms with E-state index < -0.39 is 0 Å². The minimum absolute atomic E-state index is 0.00843. The number of carbonyl (C=O) groups excluding carboxylic acids is 1. The zero-order valence-corrected chi connectivity index (χ0v) is 15.4.